The van der Waals surface area contributed by atoms with E-state index >= 15 is 0 Å². The van der Waals surface area contributed by atoms with Gasteiger partial charge in [-0.1, -0.05) is 0 Å². The van der Waals surface area contributed by atoms with Gasteiger partial charge in [-0.2, -0.15) is 5.10 Å². The Labute approximate surface area is 112 Å². The maximum atomic E-state index is 12.0. The molecule has 0 radical (unpaired) electrons. The summed E-state index contributed by atoms with van der Waals surface area (Å²) in [5.41, 5.74) is 0.344. The van der Waals surface area contributed by atoms with Crippen molar-refractivity contribution in [3.8, 4) is 0 Å². The van der Waals surface area contributed by atoms with Crippen LogP contribution in [-0.4, -0.2) is 23.3 Å². The van der Waals surface area contributed by atoms with E-state index in [0.717, 1.165) is 0 Å². The Bertz CT molecular complexity index is 661. The standard InChI is InChI=1S/C9H10BrN3O4S/c1-13-4-6(3-11-13)12-18(15,16)8-2-7(5-14)17-9(8)10/h2-4,12,14H,5H2,1H3. The molecule has 18 heavy (non-hydrogen) atoms. The number of furan rings is 1. The molecule has 2 rings (SSSR count). The van der Waals surface area contributed by atoms with Gasteiger partial charge in [0.25, 0.3) is 10.0 Å². The second-order valence-corrected chi connectivity index (χ2v) is 5.89. The second-order valence-electron chi connectivity index (χ2n) is 3.52. The van der Waals surface area contributed by atoms with Gasteiger partial charge in [0.15, 0.2) is 4.67 Å². The van der Waals surface area contributed by atoms with Gasteiger partial charge in [0.1, 0.15) is 17.3 Å². The number of nitrogens with one attached hydrogen (secondary N) is 1. The Morgan fingerprint density at radius 1 is 1.61 bits per heavy atom. The summed E-state index contributed by atoms with van der Waals surface area (Å²) in [7, 11) is -2.10. The molecule has 2 aromatic rings. The van der Waals surface area contributed by atoms with Crippen LogP contribution in [-0.2, 0) is 23.7 Å². The van der Waals surface area contributed by atoms with Gasteiger partial charge in [0, 0.05) is 19.3 Å². The first-order chi connectivity index (χ1) is 8.42. The molecule has 9 heteroatoms. The third kappa shape index (κ3) is 2.57. The highest BCUT2D eigenvalue weighted by Gasteiger charge is 2.22. The van der Waals surface area contributed by atoms with Crippen LogP contribution in [0.3, 0.4) is 0 Å². The summed E-state index contributed by atoms with van der Waals surface area (Å²) in [5, 5.41) is 12.7. The molecule has 0 aliphatic heterocycles. The van der Waals surface area contributed by atoms with Crippen LogP contribution in [0.5, 0.6) is 0 Å². The van der Waals surface area contributed by atoms with Crippen LogP contribution in [0.25, 0.3) is 0 Å². The molecule has 0 fully saturated rings. The van der Waals surface area contributed by atoms with Gasteiger partial charge in [-0.05, 0) is 15.9 Å². The number of hydrogen-bond acceptors (Lipinski definition) is 5. The average Bonchev–Trinajstić information content (AvgIpc) is 2.84. The smallest absolute Gasteiger partial charge is 0.266 e. The number of hydrogen-bond donors (Lipinski definition) is 2. The molecule has 98 valence electrons. The number of rotatable bonds is 4. The summed E-state index contributed by atoms with van der Waals surface area (Å²) in [4.78, 5) is -0.0737. The molecule has 0 aliphatic carbocycles. The molecule has 0 unspecified atom stereocenters. The highest BCUT2D eigenvalue weighted by atomic mass is 79.9. The van der Waals surface area contributed by atoms with Gasteiger partial charge in [0.2, 0.25) is 0 Å². The van der Waals surface area contributed by atoms with Crippen molar-refractivity contribution in [2.75, 3.05) is 4.72 Å². The fraction of sp³-hybridized carbons (Fsp3) is 0.222. The molecule has 2 N–H and O–H groups in total. The van der Waals surface area contributed by atoms with E-state index in [-0.39, 0.29) is 21.9 Å². The van der Waals surface area contributed by atoms with E-state index in [1.165, 1.54) is 23.1 Å². The molecule has 0 amide bonds. The lowest BCUT2D eigenvalue weighted by atomic mass is 10.5. The molecular weight excluding hydrogens is 326 g/mol. The van der Waals surface area contributed by atoms with Crippen molar-refractivity contribution in [3.63, 3.8) is 0 Å². The first-order valence-electron chi connectivity index (χ1n) is 4.83. The largest absolute Gasteiger partial charge is 0.450 e. The Balaban J connectivity index is 2.33. The molecule has 7 nitrogen and oxygen atoms in total. The van der Waals surface area contributed by atoms with Crippen LogP contribution < -0.4 is 4.72 Å². The molecule has 0 saturated carbocycles. The van der Waals surface area contributed by atoms with Crippen molar-refractivity contribution in [1.29, 1.82) is 0 Å². The highest BCUT2D eigenvalue weighted by molar-refractivity contribution is 9.10. The zero-order valence-corrected chi connectivity index (χ0v) is 11.7. The third-order valence-electron chi connectivity index (χ3n) is 2.11. The SMILES string of the molecule is Cn1cc(NS(=O)(=O)c2cc(CO)oc2Br)cn1. The number of aryl methyl sites for hydroxylation is 1. The van der Waals surface area contributed by atoms with E-state index in [1.807, 2.05) is 0 Å². The molecule has 0 atom stereocenters. The monoisotopic (exact) mass is 335 g/mol. The first kappa shape index (κ1) is 13.1. The topological polar surface area (TPSA) is 97.4 Å². The molecule has 0 spiro atoms. The molecule has 0 bridgehead atoms. The zero-order chi connectivity index (χ0) is 13.3. The summed E-state index contributed by atoms with van der Waals surface area (Å²) in [6.07, 6.45) is 2.91. The summed E-state index contributed by atoms with van der Waals surface area (Å²) in [6, 6.07) is 1.25. The fourth-order valence-corrected chi connectivity index (χ4v) is 3.37. The van der Waals surface area contributed by atoms with Gasteiger partial charge in [0.05, 0.1) is 11.9 Å². The third-order valence-corrected chi connectivity index (χ3v) is 4.35. The predicted molar refractivity (Wildman–Crippen MR) is 66.3 cm³/mol. The Morgan fingerprint density at radius 2 is 2.33 bits per heavy atom. The van der Waals surface area contributed by atoms with E-state index in [9.17, 15) is 8.42 Å². The summed E-state index contributed by atoms with van der Waals surface area (Å²) in [5.74, 6) is 0.161. The molecule has 2 aromatic heterocycles. The van der Waals surface area contributed by atoms with E-state index in [1.54, 1.807) is 7.05 Å². The molecule has 2 heterocycles. The van der Waals surface area contributed by atoms with Crippen molar-refractivity contribution in [1.82, 2.24) is 9.78 Å². The number of halogens is 1. The Morgan fingerprint density at radius 3 is 2.83 bits per heavy atom. The molecule has 0 aromatic carbocycles. The number of sulfonamides is 1. The number of aliphatic hydroxyl groups is 1. The van der Waals surface area contributed by atoms with Crippen molar-refractivity contribution < 1.29 is 17.9 Å². The molecule has 0 saturated heterocycles. The van der Waals surface area contributed by atoms with Gasteiger partial charge >= 0.3 is 0 Å². The lowest BCUT2D eigenvalue weighted by molar-refractivity contribution is 0.245. The summed E-state index contributed by atoms with van der Waals surface area (Å²) >= 11 is 2.99. The van der Waals surface area contributed by atoms with Crippen LogP contribution >= 0.6 is 15.9 Å². The number of anilines is 1. The first-order valence-corrected chi connectivity index (χ1v) is 7.10. The van der Waals surface area contributed by atoms with Crippen LogP contribution in [0.15, 0.2) is 32.4 Å². The zero-order valence-electron chi connectivity index (χ0n) is 9.29. The average molecular weight is 336 g/mol. The van der Waals surface area contributed by atoms with Crippen molar-refractivity contribution in [3.05, 3.63) is 28.9 Å². The van der Waals surface area contributed by atoms with Crippen molar-refractivity contribution in [2.24, 2.45) is 7.05 Å². The van der Waals surface area contributed by atoms with Gasteiger partial charge < -0.3 is 9.52 Å². The molecular formula is C9H10BrN3O4S. The van der Waals surface area contributed by atoms with Crippen LogP contribution in [0.2, 0.25) is 0 Å². The predicted octanol–water partition coefficient (Wildman–Crippen LogP) is 1.07. The summed E-state index contributed by atoms with van der Waals surface area (Å²) < 4.78 is 33.0. The van der Waals surface area contributed by atoms with Crippen LogP contribution in [0.4, 0.5) is 5.69 Å². The van der Waals surface area contributed by atoms with Gasteiger partial charge in [-0.15, -0.1) is 0 Å². The lowest BCUT2D eigenvalue weighted by Crippen LogP contribution is -2.12. The highest BCUT2D eigenvalue weighted by Crippen LogP contribution is 2.27. The number of aliphatic hydroxyl groups excluding tert-OH is 1. The maximum absolute atomic E-state index is 12.0. The van der Waals surface area contributed by atoms with E-state index in [0.29, 0.717) is 5.69 Å². The van der Waals surface area contributed by atoms with Gasteiger partial charge in [-0.25, -0.2) is 8.42 Å². The minimum Gasteiger partial charge on any atom is -0.450 e. The summed E-state index contributed by atoms with van der Waals surface area (Å²) in [6.45, 7) is -0.374. The van der Waals surface area contributed by atoms with Gasteiger partial charge in [-0.3, -0.25) is 9.40 Å². The van der Waals surface area contributed by atoms with E-state index in [4.69, 9.17) is 9.52 Å². The fourth-order valence-electron chi connectivity index (χ4n) is 1.34. The van der Waals surface area contributed by atoms with Crippen LogP contribution in [0.1, 0.15) is 5.76 Å². The lowest BCUT2D eigenvalue weighted by Gasteiger charge is -2.02. The maximum Gasteiger partial charge on any atom is 0.266 e. The van der Waals surface area contributed by atoms with Crippen molar-refractivity contribution >= 4 is 31.6 Å². The normalized spacial score (nSPS) is 11.7. The minimum absolute atomic E-state index is 0.0444. The van der Waals surface area contributed by atoms with E-state index in [2.05, 4.69) is 25.8 Å². The Kier molecular flexibility index (Phi) is 3.46. The number of aromatic nitrogens is 2. The second kappa shape index (κ2) is 4.75. The Hall–Kier alpha value is -1.32. The van der Waals surface area contributed by atoms with E-state index < -0.39 is 10.0 Å². The molecule has 0 aliphatic rings. The quantitative estimate of drug-likeness (QED) is 0.870. The minimum atomic E-state index is -3.77. The van der Waals surface area contributed by atoms with Crippen molar-refractivity contribution in [2.45, 2.75) is 11.5 Å². The van der Waals surface area contributed by atoms with Crippen LogP contribution in [0, 0.1) is 0 Å². The number of nitrogens with zero attached hydrogens (tertiary/aromatic N) is 2.